The van der Waals surface area contributed by atoms with Crippen molar-refractivity contribution in [3.8, 4) is 0 Å². The molecule has 0 spiro atoms. The number of benzene rings is 3. The van der Waals surface area contributed by atoms with Crippen LogP contribution in [-0.4, -0.2) is 127 Å². The third-order valence-corrected chi connectivity index (χ3v) is 17.0. The van der Waals surface area contributed by atoms with Crippen LogP contribution in [0.1, 0.15) is 102 Å². The minimum Gasteiger partial charge on any atom is -0.370 e. The molecule has 2 aliphatic heterocycles. The highest BCUT2D eigenvalue weighted by Crippen LogP contribution is 2.34. The Balaban J connectivity index is 1.44. The molecular weight excluding hydrogens is 1080 g/mol. The quantitative estimate of drug-likeness (QED) is 0.0276. The maximum atomic E-state index is 15.1. The summed E-state index contributed by atoms with van der Waals surface area (Å²) in [6.45, 7) is 10.5. The summed E-state index contributed by atoms with van der Waals surface area (Å²) in [5.41, 5.74) is 21.7. The van der Waals surface area contributed by atoms with E-state index in [-0.39, 0.29) is 44.6 Å². The van der Waals surface area contributed by atoms with Gasteiger partial charge >= 0.3 is 0 Å². The summed E-state index contributed by atoms with van der Waals surface area (Å²) >= 11 is 2.78. The van der Waals surface area contributed by atoms with E-state index in [2.05, 4.69) is 57.2 Å². The van der Waals surface area contributed by atoms with Gasteiger partial charge in [0.1, 0.15) is 42.3 Å². The number of aliphatic imine (C=N–C) groups is 1. The highest BCUT2D eigenvalue weighted by Gasteiger charge is 2.42. The number of aromatic nitrogens is 3. The number of carbonyl (C=O) groups excluding carboxylic acids is 8. The molecule has 4 heterocycles. The molecule has 0 unspecified atom stereocenters. The first-order valence-corrected chi connectivity index (χ1v) is 29.4. The van der Waals surface area contributed by atoms with Gasteiger partial charge in [0.2, 0.25) is 47.3 Å². The van der Waals surface area contributed by atoms with Gasteiger partial charge in [-0.15, -0.1) is 23.5 Å². The van der Waals surface area contributed by atoms with Crippen LogP contribution >= 0.6 is 23.5 Å². The Hall–Kier alpha value is -7.86. The number of nitrogens with two attached hydrogens (primary N) is 3. The third kappa shape index (κ3) is 18.6. The van der Waals surface area contributed by atoms with Crippen molar-refractivity contribution in [1.29, 1.82) is 0 Å². The number of amides is 8. The number of rotatable bonds is 17. The predicted octanol–water partition coefficient (Wildman–Crippen LogP) is 2.80. The van der Waals surface area contributed by atoms with Crippen LogP contribution in [0.5, 0.6) is 0 Å². The number of carbonyl (C=O) groups is 8. The molecule has 24 heteroatoms. The standard InChI is InChI=1S/C58H78N14O8S2/c1-7-8-18-42(66-34(2)73)51(76)72-48-55(80)70-46(28-39-30-62-33-65-39)53(78)68-44(26-35-15-10-9-11-16-35)52(77)67-43(20-14-25-63-56(60)61)50(75)69-45(27-38-29-64-41-19-13-12-17-40(38)41)54(79)71-47(49(59)74)57(3,4)81-31-36-21-23-37(24-22-36)32-82-58(48,5)6/h9-13,15-17,19,21-24,29-30,33,42-48,64H,7-8,14,18,20,25-28,31-32H2,1-6H3,(H2,59,74)(H,62,65)(H,66,73)(H,67,77)(H,68,78)(H,69,75)(H,70,80)(H,71,79)(H,72,76)(H4,60,61,63)/t42-,43-,44+,45-,46-,47+,48+/m0/s1. The van der Waals surface area contributed by atoms with Crippen LogP contribution < -0.4 is 54.4 Å². The molecule has 7 atom stereocenters. The third-order valence-electron chi connectivity index (χ3n) is 14.1. The number of para-hydroxylation sites is 1. The molecule has 0 saturated carbocycles. The maximum Gasteiger partial charge on any atom is 0.244 e. The fraction of sp³-hybridized carbons (Fsp3) is 0.448. The zero-order valence-corrected chi connectivity index (χ0v) is 48.9. The van der Waals surface area contributed by atoms with Gasteiger partial charge in [0.15, 0.2) is 5.96 Å². The van der Waals surface area contributed by atoms with E-state index in [0.717, 1.165) is 28.5 Å². The molecule has 0 radical (unpaired) electrons. The van der Waals surface area contributed by atoms with Gasteiger partial charge in [0, 0.05) is 82.7 Å². The lowest BCUT2D eigenvalue weighted by Gasteiger charge is -2.35. The van der Waals surface area contributed by atoms with E-state index < -0.39 is 99.0 Å². The number of nitrogens with zero attached hydrogens (tertiary/aromatic N) is 2. The number of fused-ring (bicyclic) bond motifs is 24. The Labute approximate surface area is 486 Å². The Bertz CT molecular complexity index is 3020. The van der Waals surface area contributed by atoms with Crippen molar-refractivity contribution in [1.82, 2.24) is 52.2 Å². The first kappa shape index (κ1) is 63.3. The van der Waals surface area contributed by atoms with Gasteiger partial charge in [-0.3, -0.25) is 43.3 Å². The fourth-order valence-corrected chi connectivity index (χ4v) is 11.6. The van der Waals surface area contributed by atoms with Crippen molar-refractivity contribution in [3.05, 3.63) is 126 Å². The first-order valence-electron chi connectivity index (χ1n) is 27.4. The van der Waals surface area contributed by atoms with E-state index in [1.165, 1.54) is 43.0 Å². The number of thioether (sulfide) groups is 2. The molecule has 0 aliphatic carbocycles. The summed E-state index contributed by atoms with van der Waals surface area (Å²) in [6.07, 6.45) is 6.18. The second-order valence-corrected chi connectivity index (χ2v) is 24.8. The normalized spacial score (nSPS) is 21.6. The van der Waals surface area contributed by atoms with Gasteiger partial charge < -0.3 is 64.4 Å². The molecule has 5 aromatic rings. The number of hydrogen-bond donors (Lipinski definition) is 12. The zero-order chi connectivity index (χ0) is 59.6. The Morgan fingerprint density at radius 1 is 0.695 bits per heavy atom. The van der Waals surface area contributed by atoms with Crippen LogP contribution in [0.15, 0.2) is 103 Å². The number of H-pyrrole nitrogens is 2. The van der Waals surface area contributed by atoms with Crippen molar-refractivity contribution in [3.63, 3.8) is 0 Å². The SMILES string of the molecule is CCCC[C@H](NC(C)=O)C(=O)N[C@@H]1C(=O)N[C@@H](Cc2cnc[nH]2)C(=O)N[C@H](Cc2ccccc2)C(=O)N[C@@H](CCCN=C(N)N)C(=O)N[C@@H](Cc2c[nH]c3ccccc23)C(=O)N[C@H](C(N)=O)C(C)(C)SCc2ccc(cc2)CSC1(C)C. The van der Waals surface area contributed by atoms with Crippen LogP contribution in [0.2, 0.25) is 0 Å². The largest absolute Gasteiger partial charge is 0.370 e. The van der Waals surface area contributed by atoms with Gasteiger partial charge in [0.05, 0.1) is 6.33 Å². The molecule has 8 amide bonds. The summed E-state index contributed by atoms with van der Waals surface area (Å²) in [4.78, 5) is 129. The van der Waals surface area contributed by atoms with Gasteiger partial charge in [0.25, 0.3) is 0 Å². The van der Waals surface area contributed by atoms with E-state index in [4.69, 9.17) is 17.2 Å². The van der Waals surface area contributed by atoms with Gasteiger partial charge in [-0.25, -0.2) is 4.98 Å². The molecule has 15 N–H and O–H groups in total. The van der Waals surface area contributed by atoms with Gasteiger partial charge in [-0.1, -0.05) is 92.6 Å². The van der Waals surface area contributed by atoms with Crippen LogP contribution in [0.3, 0.4) is 0 Å². The van der Waals surface area contributed by atoms with Crippen molar-refractivity contribution in [2.45, 2.75) is 156 Å². The van der Waals surface area contributed by atoms with Crippen molar-refractivity contribution < 1.29 is 38.4 Å². The lowest BCUT2D eigenvalue weighted by Crippen LogP contribution is -2.63. The highest BCUT2D eigenvalue weighted by atomic mass is 32.2. The number of aromatic amines is 2. The summed E-state index contributed by atoms with van der Waals surface area (Å²) in [5.74, 6) is -4.99. The molecule has 2 bridgehead atoms. The van der Waals surface area contributed by atoms with E-state index in [9.17, 15) is 33.6 Å². The minimum atomic E-state index is -1.38. The highest BCUT2D eigenvalue weighted by molar-refractivity contribution is 8.00. The number of guanidine groups is 1. The Morgan fingerprint density at radius 3 is 1.88 bits per heavy atom. The lowest BCUT2D eigenvalue weighted by molar-refractivity contribution is -0.136. The molecule has 2 aliphatic rings. The lowest BCUT2D eigenvalue weighted by atomic mass is 9.99. The second-order valence-electron chi connectivity index (χ2n) is 21.5. The average molecular weight is 1160 g/mol. The molecule has 440 valence electrons. The van der Waals surface area contributed by atoms with E-state index in [1.807, 2.05) is 55.5 Å². The van der Waals surface area contributed by atoms with Crippen LogP contribution in [0.4, 0.5) is 0 Å². The number of imidazole rings is 1. The summed E-state index contributed by atoms with van der Waals surface area (Å²) in [6, 6.07) is 15.1. The fourth-order valence-electron chi connectivity index (χ4n) is 9.45. The molecule has 82 heavy (non-hydrogen) atoms. The molecule has 3 aromatic carbocycles. The van der Waals surface area contributed by atoms with Crippen LogP contribution in [0, 0.1) is 0 Å². The van der Waals surface area contributed by atoms with Crippen molar-refractivity contribution >= 4 is 87.6 Å². The molecule has 0 saturated heterocycles. The topological polar surface area (TPSA) is 356 Å². The Morgan fingerprint density at radius 2 is 1.27 bits per heavy atom. The summed E-state index contributed by atoms with van der Waals surface area (Å²) in [7, 11) is 0. The molecular formula is C58H78N14O8S2. The monoisotopic (exact) mass is 1160 g/mol. The smallest absolute Gasteiger partial charge is 0.244 e. The minimum absolute atomic E-state index is 0.0446. The van der Waals surface area contributed by atoms with E-state index in [0.29, 0.717) is 41.2 Å². The molecule has 7 rings (SSSR count). The molecule has 0 fully saturated rings. The molecule has 2 aromatic heterocycles. The average Bonchev–Trinajstić information content (AvgIpc) is 4.22. The first-order chi connectivity index (χ1) is 39.0. The van der Waals surface area contributed by atoms with Gasteiger partial charge in [-0.2, -0.15) is 0 Å². The zero-order valence-electron chi connectivity index (χ0n) is 47.3. The van der Waals surface area contributed by atoms with Crippen LogP contribution in [-0.2, 0) is 69.1 Å². The number of hydrogen-bond acceptors (Lipinski definition) is 12. The summed E-state index contributed by atoms with van der Waals surface area (Å²) < 4.78 is -2.06. The van der Waals surface area contributed by atoms with Crippen molar-refractivity contribution in [2.75, 3.05) is 6.54 Å². The number of unbranched alkanes of at least 4 members (excludes halogenated alkanes) is 1. The predicted molar refractivity (Wildman–Crippen MR) is 319 cm³/mol. The number of nitrogens with one attached hydrogen (secondary N) is 9. The van der Waals surface area contributed by atoms with Gasteiger partial charge in [-0.05, 0) is 75.3 Å². The summed E-state index contributed by atoms with van der Waals surface area (Å²) in [5, 5.41) is 20.8. The number of primary amides is 1. The molecule has 22 nitrogen and oxygen atoms in total. The Kier molecular flexibility index (Phi) is 23.0. The van der Waals surface area contributed by atoms with E-state index >= 15 is 4.79 Å². The van der Waals surface area contributed by atoms with Crippen LogP contribution in [0.25, 0.3) is 10.9 Å². The van der Waals surface area contributed by atoms with E-state index in [1.54, 1.807) is 64.2 Å². The van der Waals surface area contributed by atoms with Crippen molar-refractivity contribution in [2.24, 2.45) is 22.2 Å². The maximum absolute atomic E-state index is 15.1. The second kappa shape index (κ2) is 29.7.